The van der Waals surface area contributed by atoms with Crippen LogP contribution in [0, 0.1) is 6.92 Å². The van der Waals surface area contributed by atoms with Crippen LogP contribution in [0.2, 0.25) is 0 Å². The van der Waals surface area contributed by atoms with Crippen molar-refractivity contribution in [2.75, 3.05) is 11.8 Å². The first kappa shape index (κ1) is 21.6. The number of methoxy groups -OCH3 is 1. The van der Waals surface area contributed by atoms with Gasteiger partial charge in [0.15, 0.2) is 0 Å². The lowest BCUT2D eigenvalue weighted by atomic mass is 10.1. The summed E-state index contributed by atoms with van der Waals surface area (Å²) in [7, 11) is -2.13. The molecule has 0 aliphatic heterocycles. The van der Waals surface area contributed by atoms with E-state index in [0.717, 1.165) is 28.1 Å². The third-order valence-corrected chi connectivity index (χ3v) is 6.47. The number of nitrogens with one attached hydrogen (secondary N) is 1. The molecule has 4 rings (SSSR count). The Labute approximate surface area is 188 Å². The second-order valence-corrected chi connectivity index (χ2v) is 9.30. The van der Waals surface area contributed by atoms with Crippen LogP contribution in [0.25, 0.3) is 0 Å². The lowest BCUT2D eigenvalue weighted by Gasteiger charge is -2.11. The molecule has 4 aromatic rings. The zero-order chi connectivity index (χ0) is 22.6. The number of rotatable bonds is 8. The summed E-state index contributed by atoms with van der Waals surface area (Å²) in [5, 5.41) is 0. The summed E-state index contributed by atoms with van der Waals surface area (Å²) in [6.45, 7) is 2.42. The smallest absolute Gasteiger partial charge is 0.264 e. The molecule has 164 valence electrons. The Balaban J connectivity index is 1.64. The standard InChI is InChI=1S/C25H25N3O3S/c1-19-8-14-24(15-9-19)32(29,30)27-25-26-22(16-20-10-12-23(31-2)13-11-20)18-28(25)17-21-6-4-3-5-7-21/h3-15,18H,16-17H2,1-2H3,(H,26,27). The predicted molar refractivity (Wildman–Crippen MR) is 126 cm³/mol. The number of hydrogen-bond acceptors (Lipinski definition) is 4. The average Bonchev–Trinajstić information content (AvgIpc) is 3.15. The molecule has 0 aliphatic rings. The second kappa shape index (κ2) is 9.28. The van der Waals surface area contributed by atoms with Gasteiger partial charge in [0.1, 0.15) is 5.75 Å². The van der Waals surface area contributed by atoms with Crippen molar-refractivity contribution in [2.24, 2.45) is 0 Å². The summed E-state index contributed by atoms with van der Waals surface area (Å²) >= 11 is 0. The Morgan fingerprint density at radius 3 is 2.25 bits per heavy atom. The number of ether oxygens (including phenoxy) is 1. The van der Waals surface area contributed by atoms with E-state index in [1.165, 1.54) is 0 Å². The summed E-state index contributed by atoms with van der Waals surface area (Å²) in [5.74, 6) is 1.08. The number of aromatic nitrogens is 2. The maximum absolute atomic E-state index is 13.0. The van der Waals surface area contributed by atoms with Crippen LogP contribution in [-0.4, -0.2) is 25.1 Å². The molecule has 0 fully saturated rings. The maximum atomic E-state index is 13.0. The van der Waals surface area contributed by atoms with E-state index < -0.39 is 10.0 Å². The number of imidazole rings is 1. The lowest BCUT2D eigenvalue weighted by molar-refractivity contribution is 0.414. The third kappa shape index (κ3) is 5.18. The third-order valence-electron chi connectivity index (χ3n) is 5.12. The van der Waals surface area contributed by atoms with E-state index in [2.05, 4.69) is 9.71 Å². The van der Waals surface area contributed by atoms with E-state index in [0.29, 0.717) is 13.0 Å². The van der Waals surface area contributed by atoms with Gasteiger partial charge in [-0.2, -0.15) is 0 Å². The Morgan fingerprint density at radius 1 is 0.906 bits per heavy atom. The number of hydrogen-bond donors (Lipinski definition) is 1. The van der Waals surface area contributed by atoms with Crippen LogP contribution in [-0.2, 0) is 23.0 Å². The molecule has 0 saturated heterocycles. The van der Waals surface area contributed by atoms with Crippen LogP contribution in [0.4, 0.5) is 5.95 Å². The highest BCUT2D eigenvalue weighted by atomic mass is 32.2. The van der Waals surface area contributed by atoms with Crippen molar-refractivity contribution in [1.29, 1.82) is 0 Å². The van der Waals surface area contributed by atoms with E-state index in [1.807, 2.05) is 72.3 Å². The van der Waals surface area contributed by atoms with Crippen molar-refractivity contribution in [1.82, 2.24) is 9.55 Å². The van der Waals surface area contributed by atoms with Gasteiger partial charge in [0.2, 0.25) is 5.95 Å². The SMILES string of the molecule is COc1ccc(Cc2cn(Cc3ccccc3)c(NS(=O)(=O)c3ccc(C)cc3)n2)cc1. The van der Waals surface area contributed by atoms with Gasteiger partial charge in [0, 0.05) is 12.6 Å². The first-order valence-corrected chi connectivity index (χ1v) is 11.7. The van der Waals surface area contributed by atoms with Crippen molar-refractivity contribution in [3.8, 4) is 5.75 Å². The molecule has 0 unspecified atom stereocenters. The monoisotopic (exact) mass is 447 g/mol. The van der Waals surface area contributed by atoms with Gasteiger partial charge >= 0.3 is 0 Å². The van der Waals surface area contributed by atoms with Crippen LogP contribution in [0.5, 0.6) is 5.75 Å². The van der Waals surface area contributed by atoms with Crippen molar-refractivity contribution in [3.05, 3.63) is 107 Å². The van der Waals surface area contributed by atoms with Gasteiger partial charge in [-0.1, -0.05) is 60.2 Å². The molecule has 6 nitrogen and oxygen atoms in total. The highest BCUT2D eigenvalue weighted by Gasteiger charge is 2.19. The molecule has 0 saturated carbocycles. The predicted octanol–water partition coefficient (Wildman–Crippen LogP) is 4.64. The van der Waals surface area contributed by atoms with Crippen LogP contribution in [0.3, 0.4) is 0 Å². The molecular formula is C25H25N3O3S. The fourth-order valence-corrected chi connectivity index (χ4v) is 4.40. The zero-order valence-electron chi connectivity index (χ0n) is 18.0. The molecular weight excluding hydrogens is 422 g/mol. The minimum atomic E-state index is -3.76. The highest BCUT2D eigenvalue weighted by molar-refractivity contribution is 7.92. The number of benzene rings is 3. The van der Waals surface area contributed by atoms with Crippen molar-refractivity contribution in [3.63, 3.8) is 0 Å². The second-order valence-electron chi connectivity index (χ2n) is 7.61. The van der Waals surface area contributed by atoms with Gasteiger partial charge in [-0.05, 0) is 42.3 Å². The summed E-state index contributed by atoms with van der Waals surface area (Å²) < 4.78 is 35.7. The van der Waals surface area contributed by atoms with E-state index >= 15 is 0 Å². The molecule has 7 heteroatoms. The Bertz CT molecular complexity index is 1280. The number of nitrogens with zero attached hydrogens (tertiary/aromatic N) is 2. The normalized spacial score (nSPS) is 11.3. The minimum Gasteiger partial charge on any atom is -0.497 e. The van der Waals surface area contributed by atoms with Gasteiger partial charge in [0.05, 0.1) is 24.2 Å². The molecule has 0 aliphatic carbocycles. The molecule has 1 aromatic heterocycles. The van der Waals surface area contributed by atoms with Gasteiger partial charge in [-0.25, -0.2) is 18.1 Å². The Morgan fingerprint density at radius 2 is 1.59 bits per heavy atom. The van der Waals surface area contributed by atoms with Crippen molar-refractivity contribution >= 4 is 16.0 Å². The lowest BCUT2D eigenvalue weighted by Crippen LogP contribution is -2.17. The van der Waals surface area contributed by atoms with E-state index in [9.17, 15) is 8.42 Å². The number of aryl methyl sites for hydroxylation is 1. The van der Waals surface area contributed by atoms with Gasteiger partial charge in [0.25, 0.3) is 10.0 Å². The quantitative estimate of drug-likeness (QED) is 0.427. The Kier molecular flexibility index (Phi) is 6.28. The summed E-state index contributed by atoms with van der Waals surface area (Å²) in [6, 6.07) is 24.4. The van der Waals surface area contributed by atoms with Crippen molar-refractivity contribution in [2.45, 2.75) is 24.8 Å². The molecule has 0 bridgehead atoms. The largest absolute Gasteiger partial charge is 0.497 e. The summed E-state index contributed by atoms with van der Waals surface area (Å²) in [6.07, 6.45) is 2.47. The van der Waals surface area contributed by atoms with Crippen LogP contribution >= 0.6 is 0 Å². The molecule has 32 heavy (non-hydrogen) atoms. The molecule has 0 atom stereocenters. The summed E-state index contributed by atoms with van der Waals surface area (Å²) in [5.41, 5.74) is 3.88. The van der Waals surface area contributed by atoms with Crippen LogP contribution in [0.15, 0.2) is 90.0 Å². The molecule has 0 radical (unpaired) electrons. The van der Waals surface area contributed by atoms with Gasteiger partial charge in [-0.15, -0.1) is 0 Å². The first-order valence-electron chi connectivity index (χ1n) is 10.3. The van der Waals surface area contributed by atoms with Crippen molar-refractivity contribution < 1.29 is 13.2 Å². The molecule has 3 aromatic carbocycles. The Hall–Kier alpha value is -3.58. The molecule has 1 heterocycles. The average molecular weight is 448 g/mol. The topological polar surface area (TPSA) is 73.2 Å². The van der Waals surface area contributed by atoms with E-state index in [1.54, 1.807) is 31.4 Å². The fourth-order valence-electron chi connectivity index (χ4n) is 3.39. The number of anilines is 1. The molecule has 0 amide bonds. The minimum absolute atomic E-state index is 0.203. The highest BCUT2D eigenvalue weighted by Crippen LogP contribution is 2.21. The maximum Gasteiger partial charge on any atom is 0.264 e. The molecule has 1 N–H and O–H groups in total. The zero-order valence-corrected chi connectivity index (χ0v) is 18.8. The van der Waals surface area contributed by atoms with Crippen LogP contribution < -0.4 is 9.46 Å². The first-order chi connectivity index (χ1) is 15.4. The van der Waals surface area contributed by atoms with Crippen LogP contribution in [0.1, 0.15) is 22.4 Å². The number of sulfonamides is 1. The van der Waals surface area contributed by atoms with E-state index in [4.69, 9.17) is 4.74 Å². The van der Waals surface area contributed by atoms with Gasteiger partial charge < -0.3 is 9.30 Å². The fraction of sp³-hybridized carbons (Fsp3) is 0.160. The van der Waals surface area contributed by atoms with E-state index in [-0.39, 0.29) is 10.8 Å². The summed E-state index contributed by atoms with van der Waals surface area (Å²) in [4.78, 5) is 4.82. The molecule has 0 spiro atoms. The van der Waals surface area contributed by atoms with Gasteiger partial charge in [-0.3, -0.25) is 0 Å².